The highest BCUT2D eigenvalue weighted by atomic mass is 32.1. The Kier molecular flexibility index (Phi) is 4.65. The summed E-state index contributed by atoms with van der Waals surface area (Å²) < 4.78 is 5.69. The van der Waals surface area contributed by atoms with Gasteiger partial charge in [-0.15, -0.1) is 11.3 Å². The van der Waals surface area contributed by atoms with E-state index in [1.165, 1.54) is 0 Å². The minimum atomic E-state index is 0.635. The molecular formula is C17H17N3OS. The van der Waals surface area contributed by atoms with Crippen molar-refractivity contribution in [1.29, 1.82) is 0 Å². The summed E-state index contributed by atoms with van der Waals surface area (Å²) in [5, 5.41) is 3.19. The van der Waals surface area contributed by atoms with Crippen LogP contribution in [0.25, 0.3) is 11.3 Å². The Balaban J connectivity index is 1.51. The molecule has 2 aromatic heterocycles. The fourth-order valence-electron chi connectivity index (χ4n) is 2.09. The zero-order valence-electron chi connectivity index (χ0n) is 12.1. The van der Waals surface area contributed by atoms with E-state index >= 15 is 0 Å². The smallest absolute Gasteiger partial charge is 0.142 e. The molecule has 112 valence electrons. The van der Waals surface area contributed by atoms with Gasteiger partial charge in [-0.1, -0.05) is 12.1 Å². The number of para-hydroxylation sites is 2. The van der Waals surface area contributed by atoms with Crippen LogP contribution in [-0.2, 0) is 6.42 Å². The molecular weight excluding hydrogens is 294 g/mol. The zero-order chi connectivity index (χ0) is 15.2. The first-order valence-electron chi connectivity index (χ1n) is 7.15. The average molecular weight is 311 g/mol. The molecule has 0 saturated carbocycles. The Morgan fingerprint density at radius 1 is 1.14 bits per heavy atom. The number of anilines is 1. The summed E-state index contributed by atoms with van der Waals surface area (Å²) in [7, 11) is 0. The van der Waals surface area contributed by atoms with Gasteiger partial charge in [-0.25, -0.2) is 4.98 Å². The third-order valence-corrected chi connectivity index (χ3v) is 4.13. The second-order valence-electron chi connectivity index (χ2n) is 4.86. The van der Waals surface area contributed by atoms with Gasteiger partial charge in [0.25, 0.3) is 0 Å². The van der Waals surface area contributed by atoms with Crippen LogP contribution in [-0.4, -0.2) is 16.6 Å². The van der Waals surface area contributed by atoms with Gasteiger partial charge < -0.3 is 10.5 Å². The number of nitrogens with zero attached hydrogens (tertiary/aromatic N) is 2. The molecule has 0 aliphatic carbocycles. The molecule has 3 rings (SSSR count). The standard InChI is InChI=1S/C17H17N3OS/c18-14-6-1-2-7-16(14)21-10-4-8-17-20-15(12-22-17)13-5-3-9-19-11-13/h1-3,5-7,9,11-12H,4,8,10,18H2. The summed E-state index contributed by atoms with van der Waals surface area (Å²) in [6, 6.07) is 11.5. The fraction of sp³-hybridized carbons (Fsp3) is 0.176. The minimum absolute atomic E-state index is 0.635. The van der Waals surface area contributed by atoms with Crippen LogP contribution in [0.2, 0.25) is 0 Å². The van der Waals surface area contributed by atoms with Crippen LogP contribution < -0.4 is 10.5 Å². The predicted molar refractivity (Wildman–Crippen MR) is 90.0 cm³/mol. The Hall–Kier alpha value is -2.40. The van der Waals surface area contributed by atoms with Crippen LogP contribution in [0.15, 0.2) is 54.2 Å². The highest BCUT2D eigenvalue weighted by Crippen LogP contribution is 2.22. The maximum Gasteiger partial charge on any atom is 0.142 e. The van der Waals surface area contributed by atoms with Crippen molar-refractivity contribution in [3.05, 3.63) is 59.2 Å². The lowest BCUT2D eigenvalue weighted by molar-refractivity contribution is 0.312. The van der Waals surface area contributed by atoms with Crippen molar-refractivity contribution in [3.63, 3.8) is 0 Å². The summed E-state index contributed by atoms with van der Waals surface area (Å²) in [5.74, 6) is 0.748. The fourth-order valence-corrected chi connectivity index (χ4v) is 2.94. The molecule has 0 spiro atoms. The van der Waals surface area contributed by atoms with Crippen molar-refractivity contribution < 1.29 is 4.74 Å². The van der Waals surface area contributed by atoms with Crippen molar-refractivity contribution in [2.45, 2.75) is 12.8 Å². The second kappa shape index (κ2) is 7.04. The number of pyridine rings is 1. The van der Waals surface area contributed by atoms with Crippen molar-refractivity contribution in [2.75, 3.05) is 12.3 Å². The largest absolute Gasteiger partial charge is 0.491 e. The number of ether oxygens (including phenoxy) is 1. The number of hydrogen-bond donors (Lipinski definition) is 1. The molecule has 0 aliphatic rings. The molecule has 0 atom stereocenters. The van der Waals surface area contributed by atoms with Gasteiger partial charge in [0.05, 0.1) is 23.0 Å². The van der Waals surface area contributed by atoms with Gasteiger partial charge in [-0.2, -0.15) is 0 Å². The summed E-state index contributed by atoms with van der Waals surface area (Å²) >= 11 is 1.67. The second-order valence-corrected chi connectivity index (χ2v) is 5.80. The molecule has 0 amide bonds. The third kappa shape index (κ3) is 3.62. The van der Waals surface area contributed by atoms with Crippen molar-refractivity contribution in [3.8, 4) is 17.0 Å². The topological polar surface area (TPSA) is 61.0 Å². The van der Waals surface area contributed by atoms with Gasteiger partial charge in [-0.3, -0.25) is 4.98 Å². The third-order valence-electron chi connectivity index (χ3n) is 3.22. The average Bonchev–Trinajstić information content (AvgIpc) is 3.03. The summed E-state index contributed by atoms with van der Waals surface area (Å²) in [5.41, 5.74) is 8.56. The van der Waals surface area contributed by atoms with E-state index in [2.05, 4.69) is 15.3 Å². The number of benzene rings is 1. The lowest BCUT2D eigenvalue weighted by Gasteiger charge is -2.07. The molecule has 0 aliphatic heterocycles. The number of thiazole rings is 1. The summed E-state index contributed by atoms with van der Waals surface area (Å²) in [6.07, 6.45) is 5.41. The number of nitrogens with two attached hydrogens (primary N) is 1. The molecule has 1 aromatic carbocycles. The van der Waals surface area contributed by atoms with E-state index in [1.54, 1.807) is 17.5 Å². The van der Waals surface area contributed by atoms with Crippen LogP contribution in [0.4, 0.5) is 5.69 Å². The predicted octanol–water partition coefficient (Wildman–Crippen LogP) is 3.80. The van der Waals surface area contributed by atoms with Crippen LogP contribution in [0.5, 0.6) is 5.75 Å². The molecule has 0 saturated heterocycles. The maximum absolute atomic E-state index is 5.84. The van der Waals surface area contributed by atoms with E-state index in [0.717, 1.165) is 34.9 Å². The molecule has 5 heteroatoms. The Bertz CT molecular complexity index is 728. The summed E-state index contributed by atoms with van der Waals surface area (Å²) in [6.45, 7) is 0.635. The highest BCUT2D eigenvalue weighted by Gasteiger charge is 2.05. The molecule has 2 heterocycles. The van der Waals surface area contributed by atoms with Crippen molar-refractivity contribution in [2.24, 2.45) is 0 Å². The lowest BCUT2D eigenvalue weighted by Crippen LogP contribution is -2.01. The zero-order valence-corrected chi connectivity index (χ0v) is 12.9. The Labute approximate surface area is 133 Å². The number of rotatable bonds is 6. The quantitative estimate of drug-likeness (QED) is 0.555. The lowest BCUT2D eigenvalue weighted by atomic mass is 10.2. The highest BCUT2D eigenvalue weighted by molar-refractivity contribution is 7.09. The number of hydrogen-bond acceptors (Lipinski definition) is 5. The van der Waals surface area contributed by atoms with E-state index in [-0.39, 0.29) is 0 Å². The van der Waals surface area contributed by atoms with Gasteiger partial charge in [0.15, 0.2) is 0 Å². The first-order valence-corrected chi connectivity index (χ1v) is 8.03. The summed E-state index contributed by atoms with van der Waals surface area (Å²) in [4.78, 5) is 8.76. The number of nitrogen functional groups attached to an aromatic ring is 1. The first kappa shape index (κ1) is 14.5. The molecule has 2 N–H and O–H groups in total. The van der Waals surface area contributed by atoms with E-state index in [4.69, 9.17) is 10.5 Å². The van der Waals surface area contributed by atoms with Gasteiger partial charge in [0.2, 0.25) is 0 Å². The molecule has 0 fully saturated rings. The van der Waals surface area contributed by atoms with Crippen LogP contribution in [0.1, 0.15) is 11.4 Å². The Morgan fingerprint density at radius 3 is 2.86 bits per heavy atom. The SMILES string of the molecule is Nc1ccccc1OCCCc1nc(-c2cccnc2)cs1. The van der Waals surface area contributed by atoms with Crippen LogP contribution in [0, 0.1) is 0 Å². The van der Waals surface area contributed by atoms with Gasteiger partial charge >= 0.3 is 0 Å². The number of aromatic nitrogens is 2. The van der Waals surface area contributed by atoms with Gasteiger partial charge in [0.1, 0.15) is 5.75 Å². The molecule has 0 radical (unpaired) electrons. The minimum Gasteiger partial charge on any atom is -0.491 e. The van der Waals surface area contributed by atoms with E-state index in [9.17, 15) is 0 Å². The normalized spacial score (nSPS) is 10.5. The van der Waals surface area contributed by atoms with Crippen LogP contribution >= 0.6 is 11.3 Å². The first-order chi connectivity index (χ1) is 10.8. The van der Waals surface area contributed by atoms with E-state index < -0.39 is 0 Å². The van der Waals surface area contributed by atoms with Gasteiger partial charge in [0, 0.05) is 29.8 Å². The molecule has 3 aromatic rings. The molecule has 0 bridgehead atoms. The molecule has 4 nitrogen and oxygen atoms in total. The number of aryl methyl sites for hydroxylation is 1. The van der Waals surface area contributed by atoms with Gasteiger partial charge in [-0.05, 0) is 30.7 Å². The molecule has 22 heavy (non-hydrogen) atoms. The maximum atomic E-state index is 5.84. The van der Waals surface area contributed by atoms with Crippen molar-refractivity contribution in [1.82, 2.24) is 9.97 Å². The monoisotopic (exact) mass is 311 g/mol. The van der Waals surface area contributed by atoms with E-state index in [0.29, 0.717) is 12.3 Å². The molecule has 0 unspecified atom stereocenters. The Morgan fingerprint density at radius 2 is 2.05 bits per heavy atom. The van der Waals surface area contributed by atoms with E-state index in [1.807, 2.05) is 42.6 Å². The van der Waals surface area contributed by atoms with Crippen LogP contribution in [0.3, 0.4) is 0 Å². The van der Waals surface area contributed by atoms with Crippen molar-refractivity contribution >= 4 is 17.0 Å².